The van der Waals surface area contributed by atoms with E-state index in [4.69, 9.17) is 27.9 Å². The van der Waals surface area contributed by atoms with Crippen LogP contribution in [0.3, 0.4) is 0 Å². The van der Waals surface area contributed by atoms with Gasteiger partial charge in [0.15, 0.2) is 46.8 Å². The summed E-state index contributed by atoms with van der Waals surface area (Å²) in [5, 5.41) is 5.35. The number of ether oxygens (including phenoxy) is 5. The molecule has 0 bridgehead atoms. The van der Waals surface area contributed by atoms with Crippen LogP contribution in [0.4, 0.5) is 16.2 Å². The Hall–Kier alpha value is -8.00. The zero-order chi connectivity index (χ0) is 54.9. The molecule has 2 amide bonds. The molecule has 10 rings (SSSR count). The molecule has 8 aromatic rings. The highest BCUT2D eigenvalue weighted by molar-refractivity contribution is 7.84. The number of carbonyl (C=O) groups is 2. The van der Waals surface area contributed by atoms with Crippen molar-refractivity contribution in [3.05, 3.63) is 161 Å². The van der Waals surface area contributed by atoms with Gasteiger partial charge < -0.3 is 29.0 Å². The van der Waals surface area contributed by atoms with Gasteiger partial charge in [0.05, 0.1) is 33.0 Å². The summed E-state index contributed by atoms with van der Waals surface area (Å²) in [7, 11) is -1.74. The minimum atomic E-state index is -4.81. The average Bonchev–Trinajstić information content (AvgIpc) is 4.40. The molecular formula is C54H56FN11O11S. The van der Waals surface area contributed by atoms with Gasteiger partial charge in [-0.25, -0.2) is 28.5 Å². The number of H-pyrrole nitrogens is 1. The van der Waals surface area contributed by atoms with Crippen LogP contribution in [0.15, 0.2) is 133 Å². The minimum absolute atomic E-state index is 0.00343. The first-order chi connectivity index (χ1) is 37.6. The number of alkyl halides is 1. The molecule has 0 radical (unpaired) electrons. The first-order valence-corrected chi connectivity index (χ1v) is 26.5. The highest BCUT2D eigenvalue weighted by Gasteiger charge is 2.53. The molecule has 0 saturated carbocycles. The van der Waals surface area contributed by atoms with Crippen LogP contribution in [0.1, 0.15) is 73.6 Å². The largest absolute Gasteiger partial charge is 0.497 e. The molecule has 2 aliphatic rings. The van der Waals surface area contributed by atoms with Gasteiger partial charge >= 0.3 is 10.3 Å². The number of nitrogens with one attached hydrogen (secondary N) is 4. The lowest BCUT2D eigenvalue weighted by molar-refractivity contribution is -0.118. The van der Waals surface area contributed by atoms with Crippen LogP contribution in [0.5, 0.6) is 11.5 Å². The Morgan fingerprint density at radius 1 is 0.756 bits per heavy atom. The predicted molar refractivity (Wildman–Crippen MR) is 282 cm³/mol. The van der Waals surface area contributed by atoms with Gasteiger partial charge in [0.2, 0.25) is 11.9 Å². The molecule has 2 saturated heterocycles. The van der Waals surface area contributed by atoms with Crippen LogP contribution in [0, 0.1) is 11.8 Å². The van der Waals surface area contributed by atoms with Gasteiger partial charge in [0, 0.05) is 23.9 Å². The second-order valence-electron chi connectivity index (χ2n) is 19.0. The number of rotatable bonds is 19. The molecule has 8 atom stereocenters. The maximum Gasteiger partial charge on any atom is 0.336 e. The lowest BCUT2D eigenvalue weighted by Gasteiger charge is -2.39. The van der Waals surface area contributed by atoms with E-state index in [0.717, 1.165) is 0 Å². The van der Waals surface area contributed by atoms with Crippen molar-refractivity contribution < 1.29 is 50.3 Å². The molecule has 2 fully saturated rings. The highest BCUT2D eigenvalue weighted by atomic mass is 32.2. The van der Waals surface area contributed by atoms with Gasteiger partial charge in [0.25, 0.3) is 11.5 Å². The Balaban J connectivity index is 1.02. The lowest BCUT2D eigenvalue weighted by atomic mass is 9.79. The van der Waals surface area contributed by atoms with Crippen LogP contribution in [-0.4, -0.2) is 111 Å². The van der Waals surface area contributed by atoms with E-state index in [0.29, 0.717) is 40.2 Å². The van der Waals surface area contributed by atoms with E-state index >= 15 is 4.39 Å². The summed E-state index contributed by atoms with van der Waals surface area (Å²) in [6, 6.07) is 31.9. The van der Waals surface area contributed by atoms with E-state index in [1.54, 1.807) is 99.6 Å². The molecule has 6 heterocycles. The predicted octanol–water partition coefficient (Wildman–Crippen LogP) is 6.60. The molecule has 0 spiro atoms. The Labute approximate surface area is 446 Å². The van der Waals surface area contributed by atoms with E-state index in [9.17, 15) is 22.8 Å². The maximum atomic E-state index is 18.3. The second-order valence-corrected chi connectivity index (χ2v) is 20.4. The number of benzene rings is 4. The fourth-order valence-electron chi connectivity index (χ4n) is 9.83. The quantitative estimate of drug-likeness (QED) is 0.0622. The zero-order valence-electron chi connectivity index (χ0n) is 43.1. The number of fused-ring (bicyclic) bond motifs is 2. The van der Waals surface area contributed by atoms with Gasteiger partial charge in [0.1, 0.15) is 41.7 Å². The van der Waals surface area contributed by atoms with Crippen LogP contribution < -0.4 is 30.4 Å². The topological polar surface area (TPSA) is 267 Å². The number of halogens is 1. The van der Waals surface area contributed by atoms with Crippen LogP contribution in [0.2, 0.25) is 0 Å². The SMILES string of the molecule is CC[C@H]1O[C@@H](n2cnc3c(=O)[nH]c(NC(=O)C(C)C)nc32)[C@H](OS(=O)(=O)NC[C@H]2O[C@@H](n3cnc4c(NC(=O)c5ccccc5)ncnc43)[C@H](F)[C@@H]2OC(c2ccccc2)(c2ccc(OC)cc2)c2ccc(OC)cc2)[C@H]1C. The van der Waals surface area contributed by atoms with E-state index < -0.39 is 94.7 Å². The number of anilines is 2. The Kier molecular flexibility index (Phi) is 15.2. The third kappa shape index (κ3) is 10.3. The molecule has 0 unspecified atom stereocenters. The van der Waals surface area contributed by atoms with Gasteiger partial charge in [-0.3, -0.25) is 33.8 Å². The first kappa shape index (κ1) is 53.4. The third-order valence-electron chi connectivity index (χ3n) is 13.9. The summed E-state index contributed by atoms with van der Waals surface area (Å²) in [6.45, 7) is 6.39. The molecule has 0 aliphatic carbocycles. The summed E-state index contributed by atoms with van der Waals surface area (Å²) in [4.78, 5) is 63.6. The van der Waals surface area contributed by atoms with Crippen molar-refractivity contribution in [3.63, 3.8) is 0 Å². The Morgan fingerprint density at radius 3 is 1.96 bits per heavy atom. The minimum Gasteiger partial charge on any atom is -0.497 e. The number of amides is 2. The molecule has 4 aromatic heterocycles. The van der Waals surface area contributed by atoms with E-state index in [1.165, 1.54) is 42.3 Å². The number of hydrogen-bond donors (Lipinski definition) is 4. The average molecular weight is 1090 g/mol. The normalized spacial score (nSPS) is 21.5. The number of aromatic amines is 1. The van der Waals surface area contributed by atoms with Gasteiger partial charge in [-0.05, 0) is 59.5 Å². The van der Waals surface area contributed by atoms with Crippen LogP contribution in [-0.2, 0) is 39.1 Å². The van der Waals surface area contributed by atoms with Crippen molar-refractivity contribution in [1.29, 1.82) is 0 Å². The summed E-state index contributed by atoms with van der Waals surface area (Å²) >= 11 is 0. The molecular weight excluding hydrogens is 1030 g/mol. The van der Waals surface area contributed by atoms with Crippen molar-refractivity contribution in [2.45, 2.75) is 82.8 Å². The standard InChI is InChI=1S/C54H56FN11O11S/c1-7-38-31(4)43(52(74-38)66-29-59-42-47(66)62-53(64-50(42)69)63-48(67)30(2)3)77-78(70,71)60-26-39-44(40(55)51(75-39)65-28-58-41-45(56-27-57-46(41)65)61-49(68)32-14-10-8-11-15-32)76-54(33-16-12-9-13-17-33,34-18-22-36(72-5)23-19-34)35-20-24-37(73-6)25-21-35/h8-25,27-31,38-40,43-44,51-52,60H,7,26H2,1-6H3,(H,56,57,61,68)(H2,62,63,64,67,69)/t31-,38+,39+,40+,43+,44+,51+,52+/m0/s1. The lowest BCUT2D eigenvalue weighted by Crippen LogP contribution is -2.47. The number of carbonyl (C=O) groups excluding carboxylic acids is 2. The third-order valence-corrected chi connectivity index (χ3v) is 14.9. The van der Waals surface area contributed by atoms with Gasteiger partial charge in [-0.2, -0.15) is 18.1 Å². The molecule has 406 valence electrons. The number of aromatic nitrogens is 8. The number of methoxy groups -OCH3 is 2. The monoisotopic (exact) mass is 1090 g/mol. The van der Waals surface area contributed by atoms with E-state index in [1.807, 2.05) is 37.3 Å². The van der Waals surface area contributed by atoms with Crippen molar-refractivity contribution in [1.82, 2.24) is 43.8 Å². The van der Waals surface area contributed by atoms with E-state index in [-0.39, 0.29) is 34.1 Å². The maximum absolute atomic E-state index is 18.3. The molecule has 2 aliphatic heterocycles. The number of hydrogen-bond acceptors (Lipinski definition) is 16. The number of nitrogens with zero attached hydrogens (tertiary/aromatic N) is 7. The Morgan fingerprint density at radius 2 is 1.35 bits per heavy atom. The summed E-state index contributed by atoms with van der Waals surface area (Å²) < 4.78 is 90.0. The van der Waals surface area contributed by atoms with Crippen molar-refractivity contribution >= 4 is 56.2 Å². The van der Waals surface area contributed by atoms with Crippen LogP contribution >= 0.6 is 0 Å². The smallest absolute Gasteiger partial charge is 0.336 e. The molecule has 22 nitrogen and oxygen atoms in total. The van der Waals surface area contributed by atoms with Crippen molar-refractivity contribution in [2.24, 2.45) is 11.8 Å². The summed E-state index contributed by atoms with van der Waals surface area (Å²) in [6.07, 6.45) is -5.34. The van der Waals surface area contributed by atoms with Gasteiger partial charge in [-0.1, -0.05) is 100 Å². The van der Waals surface area contributed by atoms with Crippen molar-refractivity contribution in [2.75, 3.05) is 31.4 Å². The fourth-order valence-corrected chi connectivity index (χ4v) is 10.8. The molecule has 24 heteroatoms. The number of imidazole rings is 2. The molecule has 4 aromatic carbocycles. The summed E-state index contributed by atoms with van der Waals surface area (Å²) in [5.41, 5.74) is -0.0774. The van der Waals surface area contributed by atoms with E-state index in [2.05, 4.69) is 45.3 Å². The Bertz CT molecular complexity index is 3560. The first-order valence-electron chi connectivity index (χ1n) is 25.1. The fraction of sp³-hybridized carbons (Fsp3) is 0.333. The second kappa shape index (κ2) is 22.2. The van der Waals surface area contributed by atoms with Crippen LogP contribution in [0.25, 0.3) is 22.3 Å². The molecule has 78 heavy (non-hydrogen) atoms. The van der Waals surface area contributed by atoms with Crippen molar-refractivity contribution in [3.8, 4) is 11.5 Å². The van der Waals surface area contributed by atoms with Gasteiger partial charge in [-0.15, -0.1) is 0 Å². The molecule has 4 N–H and O–H groups in total. The highest BCUT2D eigenvalue weighted by Crippen LogP contribution is 2.47. The summed E-state index contributed by atoms with van der Waals surface area (Å²) in [5.74, 6) is -0.863. The zero-order valence-corrected chi connectivity index (χ0v) is 44.0.